The molecule has 1 aromatic carbocycles. The van der Waals surface area contributed by atoms with Crippen molar-refractivity contribution in [2.45, 2.75) is 17.7 Å². The number of carbonyl (C=O) groups is 1. The Kier molecular flexibility index (Phi) is 5.46. The van der Waals surface area contributed by atoms with Gasteiger partial charge in [0.1, 0.15) is 16.6 Å². The van der Waals surface area contributed by atoms with Gasteiger partial charge in [0.15, 0.2) is 0 Å². The van der Waals surface area contributed by atoms with Crippen molar-refractivity contribution < 1.29 is 18.6 Å². The largest absolute Gasteiger partial charge is 0.361 e. The van der Waals surface area contributed by atoms with Crippen LogP contribution in [0.25, 0.3) is 0 Å². The molecule has 0 atom stereocenters. The third kappa shape index (κ3) is 4.47. The lowest BCUT2D eigenvalue weighted by Gasteiger charge is -2.09. The molecule has 8 nitrogen and oxygen atoms in total. The lowest BCUT2D eigenvalue weighted by atomic mass is 10.2. The van der Waals surface area contributed by atoms with Crippen molar-refractivity contribution in [2.75, 3.05) is 5.32 Å². The Labute approximate surface area is 156 Å². The predicted octanol–water partition coefficient (Wildman–Crippen LogP) is 3.97. The van der Waals surface area contributed by atoms with E-state index in [1.807, 2.05) is 0 Å². The first kappa shape index (κ1) is 18.5. The summed E-state index contributed by atoms with van der Waals surface area (Å²) >= 11 is 1.27. The highest BCUT2D eigenvalue weighted by molar-refractivity contribution is 7.98. The number of aryl methyl sites for hydroxylation is 1. The van der Waals surface area contributed by atoms with Gasteiger partial charge in [-0.05, 0) is 25.1 Å². The van der Waals surface area contributed by atoms with Crippen molar-refractivity contribution in [3.8, 4) is 0 Å². The number of nitro benzene ring substituents is 1. The molecule has 0 spiro atoms. The number of rotatable bonds is 6. The van der Waals surface area contributed by atoms with Gasteiger partial charge in [-0.25, -0.2) is 9.37 Å². The van der Waals surface area contributed by atoms with Crippen LogP contribution in [0.15, 0.2) is 52.1 Å². The number of nitro groups is 1. The molecule has 0 aliphatic carbocycles. The zero-order chi connectivity index (χ0) is 19.4. The molecule has 0 radical (unpaired) electrons. The first-order valence-electron chi connectivity index (χ1n) is 7.69. The number of hydrogen-bond acceptors (Lipinski definition) is 7. The number of hydrogen-bond donors (Lipinski definition) is 1. The molecule has 10 heteroatoms. The molecule has 0 saturated heterocycles. The first-order valence-corrected chi connectivity index (χ1v) is 8.68. The van der Waals surface area contributed by atoms with Crippen molar-refractivity contribution in [1.82, 2.24) is 10.1 Å². The highest BCUT2D eigenvalue weighted by Crippen LogP contribution is 2.26. The number of benzene rings is 1. The van der Waals surface area contributed by atoms with Gasteiger partial charge in [0.2, 0.25) is 0 Å². The molecule has 0 fully saturated rings. The van der Waals surface area contributed by atoms with Crippen molar-refractivity contribution in [3.05, 3.63) is 75.5 Å². The quantitative estimate of drug-likeness (QED) is 0.386. The van der Waals surface area contributed by atoms with Gasteiger partial charge in [-0.15, -0.1) is 0 Å². The molecular weight excluding hydrogens is 375 g/mol. The first-order chi connectivity index (χ1) is 12.9. The van der Waals surface area contributed by atoms with Crippen LogP contribution in [-0.2, 0) is 5.75 Å². The number of carbonyl (C=O) groups excluding carboxylic acids is 1. The average molecular weight is 388 g/mol. The monoisotopic (exact) mass is 388 g/mol. The number of nitrogens with zero attached hydrogens (tertiary/aromatic N) is 3. The maximum atomic E-state index is 13.9. The van der Waals surface area contributed by atoms with E-state index >= 15 is 0 Å². The second-order valence-electron chi connectivity index (χ2n) is 5.45. The van der Waals surface area contributed by atoms with Crippen LogP contribution in [0.4, 0.5) is 15.8 Å². The summed E-state index contributed by atoms with van der Waals surface area (Å²) in [5.41, 5.74) is 0.308. The van der Waals surface area contributed by atoms with Crippen LogP contribution < -0.4 is 5.32 Å². The van der Waals surface area contributed by atoms with Crippen LogP contribution in [0, 0.1) is 22.9 Å². The predicted molar refractivity (Wildman–Crippen MR) is 96.0 cm³/mol. The Balaban J connectivity index is 1.79. The molecule has 0 unspecified atom stereocenters. The summed E-state index contributed by atoms with van der Waals surface area (Å²) in [6.45, 7) is 1.77. The maximum Gasteiger partial charge on any atom is 0.271 e. The third-order valence-electron chi connectivity index (χ3n) is 3.46. The zero-order valence-corrected chi connectivity index (χ0v) is 14.8. The van der Waals surface area contributed by atoms with Gasteiger partial charge in [0, 0.05) is 30.1 Å². The summed E-state index contributed by atoms with van der Waals surface area (Å²) < 4.78 is 18.9. The lowest BCUT2D eigenvalue weighted by Crippen LogP contribution is -2.15. The molecular formula is C17H13FN4O4S. The zero-order valence-electron chi connectivity index (χ0n) is 14.0. The normalized spacial score (nSPS) is 10.6. The van der Waals surface area contributed by atoms with E-state index in [0.717, 1.165) is 18.2 Å². The van der Waals surface area contributed by atoms with Gasteiger partial charge in [0.05, 0.1) is 21.9 Å². The fraction of sp³-hybridized carbons (Fsp3) is 0.118. The van der Waals surface area contributed by atoms with E-state index in [-0.39, 0.29) is 16.9 Å². The molecule has 0 saturated carbocycles. The Morgan fingerprint density at radius 3 is 2.89 bits per heavy atom. The smallest absolute Gasteiger partial charge is 0.271 e. The van der Waals surface area contributed by atoms with E-state index in [0.29, 0.717) is 22.2 Å². The van der Waals surface area contributed by atoms with Crippen molar-refractivity contribution in [1.29, 1.82) is 0 Å². The van der Waals surface area contributed by atoms with Crippen LogP contribution in [0.2, 0.25) is 0 Å². The molecule has 3 aromatic rings. The van der Waals surface area contributed by atoms with Crippen molar-refractivity contribution in [2.24, 2.45) is 0 Å². The van der Waals surface area contributed by atoms with Crippen molar-refractivity contribution >= 4 is 29.0 Å². The van der Waals surface area contributed by atoms with Crippen LogP contribution in [0.5, 0.6) is 0 Å². The van der Waals surface area contributed by atoms with Crippen LogP contribution >= 0.6 is 11.8 Å². The molecule has 0 aliphatic rings. The number of thioether (sulfide) groups is 1. The fourth-order valence-corrected chi connectivity index (χ4v) is 3.09. The third-order valence-corrected chi connectivity index (χ3v) is 4.50. The summed E-state index contributed by atoms with van der Waals surface area (Å²) in [5, 5.41) is 17.5. The SMILES string of the molecule is Cc1cc(CSc2ncccc2C(=O)Nc2cc([N+](=O)[O-])ccc2F)no1. The number of halogens is 1. The molecule has 1 N–H and O–H groups in total. The highest BCUT2D eigenvalue weighted by atomic mass is 32.2. The topological polar surface area (TPSA) is 111 Å². The standard InChI is InChI=1S/C17H13FN4O4S/c1-10-7-11(21-26-10)9-27-17-13(3-2-6-19-17)16(23)20-15-8-12(22(24)25)4-5-14(15)18/h2-8H,9H2,1H3,(H,20,23). The molecule has 1 amide bonds. The van der Waals surface area contributed by atoms with Crippen LogP contribution in [0.3, 0.4) is 0 Å². The van der Waals surface area contributed by atoms with E-state index in [1.54, 1.807) is 19.1 Å². The number of pyridine rings is 1. The minimum absolute atomic E-state index is 0.216. The number of aromatic nitrogens is 2. The van der Waals surface area contributed by atoms with E-state index < -0.39 is 16.6 Å². The minimum atomic E-state index is -0.773. The van der Waals surface area contributed by atoms with Gasteiger partial charge in [-0.1, -0.05) is 16.9 Å². The molecule has 27 heavy (non-hydrogen) atoms. The van der Waals surface area contributed by atoms with Gasteiger partial charge in [0.25, 0.3) is 11.6 Å². The van der Waals surface area contributed by atoms with Crippen LogP contribution in [-0.4, -0.2) is 21.0 Å². The van der Waals surface area contributed by atoms with Gasteiger partial charge < -0.3 is 9.84 Å². The van der Waals surface area contributed by atoms with Gasteiger partial charge in [-0.3, -0.25) is 14.9 Å². The maximum absolute atomic E-state index is 13.9. The van der Waals surface area contributed by atoms with E-state index in [2.05, 4.69) is 15.5 Å². The summed E-state index contributed by atoms with van der Waals surface area (Å²) in [5.74, 6) is -0.294. The van der Waals surface area contributed by atoms with Gasteiger partial charge >= 0.3 is 0 Å². The van der Waals surface area contributed by atoms with Gasteiger partial charge in [-0.2, -0.15) is 0 Å². The molecule has 3 rings (SSSR count). The van der Waals surface area contributed by atoms with Crippen molar-refractivity contribution in [3.63, 3.8) is 0 Å². The molecule has 138 valence electrons. The fourth-order valence-electron chi connectivity index (χ4n) is 2.22. The molecule has 2 aromatic heterocycles. The van der Waals surface area contributed by atoms with Crippen LogP contribution in [0.1, 0.15) is 21.8 Å². The number of nitrogens with one attached hydrogen (secondary N) is 1. The number of anilines is 1. The summed E-state index contributed by atoms with van der Waals surface area (Å²) in [7, 11) is 0. The molecule has 0 bridgehead atoms. The number of non-ortho nitro benzene ring substituents is 1. The Morgan fingerprint density at radius 2 is 2.19 bits per heavy atom. The summed E-state index contributed by atoms with van der Waals surface area (Å²) in [6, 6.07) is 7.80. The van der Waals surface area contributed by atoms with E-state index in [4.69, 9.17) is 4.52 Å². The molecule has 2 heterocycles. The summed E-state index contributed by atoms with van der Waals surface area (Å²) in [6.07, 6.45) is 1.53. The van der Waals surface area contributed by atoms with E-state index in [9.17, 15) is 19.3 Å². The highest BCUT2D eigenvalue weighted by Gasteiger charge is 2.17. The summed E-state index contributed by atoms with van der Waals surface area (Å²) in [4.78, 5) is 26.9. The second kappa shape index (κ2) is 7.96. The van der Waals surface area contributed by atoms with E-state index in [1.165, 1.54) is 24.0 Å². The Bertz CT molecular complexity index is 1010. The average Bonchev–Trinajstić information content (AvgIpc) is 3.07. The Hall–Kier alpha value is -3.27. The molecule has 0 aliphatic heterocycles. The Morgan fingerprint density at radius 1 is 1.37 bits per heavy atom. The lowest BCUT2D eigenvalue weighted by molar-refractivity contribution is -0.384. The minimum Gasteiger partial charge on any atom is -0.361 e. The second-order valence-corrected chi connectivity index (χ2v) is 6.41. The number of amides is 1.